The summed E-state index contributed by atoms with van der Waals surface area (Å²) in [5.41, 5.74) is 3.42. The van der Waals surface area contributed by atoms with Gasteiger partial charge in [0.25, 0.3) is 0 Å². The highest BCUT2D eigenvalue weighted by Crippen LogP contribution is 2.40. The van der Waals surface area contributed by atoms with Crippen LogP contribution in [0.3, 0.4) is 0 Å². The summed E-state index contributed by atoms with van der Waals surface area (Å²) >= 11 is 1.53. The number of benzene rings is 1. The van der Waals surface area contributed by atoms with Crippen LogP contribution >= 0.6 is 11.3 Å². The van der Waals surface area contributed by atoms with E-state index in [1.165, 1.54) is 75.5 Å². The van der Waals surface area contributed by atoms with Crippen molar-refractivity contribution in [2.75, 3.05) is 0 Å². The quantitative estimate of drug-likeness (QED) is 0.570. The minimum Gasteiger partial charge on any atom is -0.226 e. The van der Waals surface area contributed by atoms with Gasteiger partial charge in [-0.25, -0.2) is 4.98 Å². The van der Waals surface area contributed by atoms with Crippen molar-refractivity contribution < 1.29 is 4.21 Å². The first kappa shape index (κ1) is 19.4. The van der Waals surface area contributed by atoms with E-state index in [-0.39, 0.29) is 11.5 Å². The van der Waals surface area contributed by atoms with Crippen molar-refractivity contribution in [3.8, 4) is 0 Å². The molecule has 1 heterocycles. The molecule has 4 rings (SSSR count). The summed E-state index contributed by atoms with van der Waals surface area (Å²) in [6, 6.07) is 9.38. The van der Waals surface area contributed by atoms with Crippen LogP contribution in [0.25, 0.3) is 0 Å². The summed E-state index contributed by atoms with van der Waals surface area (Å²) in [6.07, 6.45) is 16.1. The first-order chi connectivity index (χ1) is 12.9. The predicted molar refractivity (Wildman–Crippen MR) is 110 cm³/mol. The first-order valence-electron chi connectivity index (χ1n) is 9.87. The van der Waals surface area contributed by atoms with Crippen LogP contribution in [0.1, 0.15) is 87.2 Å². The smallest absolute Gasteiger partial charge is 0.223 e. The lowest BCUT2D eigenvalue weighted by molar-refractivity contribution is 0.419. The van der Waals surface area contributed by atoms with Crippen molar-refractivity contribution >= 4 is 27.9 Å². The fraction of sp³-hybridized carbons (Fsp3) is 0.571. The Balaban J connectivity index is 0.000000206. The molecule has 0 bridgehead atoms. The second kappa shape index (κ2) is 10.7. The highest BCUT2D eigenvalue weighted by molar-refractivity contribution is 7.55. The van der Waals surface area contributed by atoms with Gasteiger partial charge in [0.2, 0.25) is 16.6 Å². The minimum atomic E-state index is 0.182. The van der Waals surface area contributed by atoms with Gasteiger partial charge in [-0.3, -0.25) is 0 Å². The van der Waals surface area contributed by atoms with Gasteiger partial charge in [0, 0.05) is 11.6 Å². The predicted octanol–water partition coefficient (Wildman–Crippen LogP) is 6.95. The number of nitrogens with zero attached hydrogens (tertiary/aromatic N) is 2. The molecule has 0 spiro atoms. The van der Waals surface area contributed by atoms with Crippen LogP contribution in [0.15, 0.2) is 40.2 Å². The fourth-order valence-corrected chi connectivity index (χ4v) is 5.11. The first-order valence-corrected chi connectivity index (χ1v) is 11.4. The van der Waals surface area contributed by atoms with Gasteiger partial charge in [-0.2, -0.15) is 4.21 Å². The molecule has 0 amide bonds. The molecule has 0 aliphatic heterocycles. The van der Waals surface area contributed by atoms with E-state index in [4.69, 9.17) is 0 Å². The minimum absolute atomic E-state index is 0.182. The molecule has 1 aromatic carbocycles. The molecule has 26 heavy (non-hydrogen) atoms. The van der Waals surface area contributed by atoms with Crippen LogP contribution in [0.2, 0.25) is 0 Å². The zero-order valence-electron chi connectivity index (χ0n) is 15.3. The van der Waals surface area contributed by atoms with E-state index in [2.05, 4.69) is 33.6 Å². The molecule has 2 aliphatic rings. The molecule has 0 saturated heterocycles. The summed E-state index contributed by atoms with van der Waals surface area (Å²) in [5, 5.41) is 2.31. The van der Waals surface area contributed by atoms with Gasteiger partial charge in [0.15, 0.2) is 0 Å². The number of thiazole rings is 1. The fourth-order valence-electron chi connectivity index (χ4n) is 4.37. The zero-order chi connectivity index (χ0) is 18.0. The van der Waals surface area contributed by atoms with E-state index in [0.717, 1.165) is 11.8 Å². The molecule has 0 atom stereocenters. The highest BCUT2D eigenvalue weighted by atomic mass is 32.1. The molecule has 2 fully saturated rings. The van der Waals surface area contributed by atoms with Crippen LogP contribution < -0.4 is 0 Å². The molecular formula is C21H28N2OS2. The van der Waals surface area contributed by atoms with Crippen molar-refractivity contribution in [3.63, 3.8) is 0 Å². The Kier molecular flexibility index (Phi) is 8.02. The number of rotatable bonds is 3. The van der Waals surface area contributed by atoms with Gasteiger partial charge in [0.1, 0.15) is 0 Å². The molecule has 1 aromatic heterocycles. The highest BCUT2D eigenvalue weighted by Gasteiger charge is 2.23. The van der Waals surface area contributed by atoms with Crippen LogP contribution in [0.5, 0.6) is 0 Å². The average molecular weight is 389 g/mol. The molecule has 3 nitrogen and oxygen atoms in total. The van der Waals surface area contributed by atoms with Gasteiger partial charge in [-0.1, -0.05) is 62.8 Å². The monoisotopic (exact) mass is 388 g/mol. The van der Waals surface area contributed by atoms with E-state index < -0.39 is 0 Å². The van der Waals surface area contributed by atoms with Crippen LogP contribution in [-0.4, -0.2) is 9.19 Å². The Hall–Kier alpha value is -1.33. The number of aromatic nitrogens is 1. The summed E-state index contributed by atoms with van der Waals surface area (Å²) in [7, 11) is 0. The molecular weight excluding hydrogens is 360 g/mol. The molecule has 0 radical (unpaired) electrons. The molecule has 0 N–H and O–H groups in total. The Morgan fingerprint density at radius 2 is 1.42 bits per heavy atom. The Bertz CT molecular complexity index is 662. The number of hydrogen-bond donors (Lipinski definition) is 0. The Labute approximate surface area is 164 Å². The normalized spacial score (nSPS) is 18.6. The van der Waals surface area contributed by atoms with Crippen molar-refractivity contribution in [2.24, 2.45) is 4.36 Å². The topological polar surface area (TPSA) is 42.3 Å². The van der Waals surface area contributed by atoms with Gasteiger partial charge in [0.05, 0.1) is 0 Å². The summed E-state index contributed by atoms with van der Waals surface area (Å²) in [4.78, 5) is 3.74. The SMILES string of the molecule is O=S=Nc1nccs1.c1ccc(C2CCCCC2)c(C2CCCCC2)c1. The second-order valence-corrected chi connectivity index (χ2v) is 8.48. The van der Waals surface area contributed by atoms with Crippen molar-refractivity contribution in [3.05, 3.63) is 47.0 Å². The average Bonchev–Trinajstić information content (AvgIpc) is 3.23. The van der Waals surface area contributed by atoms with Gasteiger partial charge >= 0.3 is 0 Å². The summed E-state index contributed by atoms with van der Waals surface area (Å²) in [5.74, 6) is 1.74. The lowest BCUT2D eigenvalue weighted by atomic mass is 9.76. The molecule has 2 saturated carbocycles. The van der Waals surface area contributed by atoms with Crippen molar-refractivity contribution in [1.82, 2.24) is 4.98 Å². The maximum atomic E-state index is 9.71. The third-order valence-electron chi connectivity index (χ3n) is 5.62. The van der Waals surface area contributed by atoms with Gasteiger partial charge in [-0.05, 0) is 48.6 Å². The van der Waals surface area contributed by atoms with E-state index in [9.17, 15) is 4.21 Å². The lowest BCUT2D eigenvalue weighted by Gasteiger charge is -2.29. The van der Waals surface area contributed by atoms with E-state index >= 15 is 0 Å². The standard InChI is InChI=1S/C18H26.C3H2N2OS2/c1-3-9-15(10-4-1)17-13-7-8-14-18(17)16-11-5-2-6-12-16;6-8-5-3-4-1-2-7-3/h7-8,13-16H,1-6,9-12H2;1-2H. The Morgan fingerprint density at radius 1 is 0.885 bits per heavy atom. The number of hydrogen-bond acceptors (Lipinski definition) is 4. The third kappa shape index (κ3) is 5.58. The molecule has 5 heteroatoms. The molecule has 0 unspecified atom stereocenters. The lowest BCUT2D eigenvalue weighted by Crippen LogP contribution is -2.12. The van der Waals surface area contributed by atoms with Crippen LogP contribution in [0, 0.1) is 0 Å². The van der Waals surface area contributed by atoms with Gasteiger partial charge < -0.3 is 0 Å². The van der Waals surface area contributed by atoms with Gasteiger partial charge in [-0.15, -0.1) is 15.7 Å². The van der Waals surface area contributed by atoms with Crippen LogP contribution in [-0.2, 0) is 11.5 Å². The largest absolute Gasteiger partial charge is 0.226 e. The van der Waals surface area contributed by atoms with Crippen molar-refractivity contribution in [2.45, 2.75) is 76.0 Å². The zero-order valence-corrected chi connectivity index (χ0v) is 16.9. The Morgan fingerprint density at radius 3 is 1.85 bits per heavy atom. The molecule has 140 valence electrons. The molecule has 2 aromatic rings. The van der Waals surface area contributed by atoms with E-state index in [0.29, 0.717) is 5.13 Å². The summed E-state index contributed by atoms with van der Waals surface area (Å²) < 4.78 is 13.1. The maximum absolute atomic E-state index is 9.71. The molecule has 2 aliphatic carbocycles. The third-order valence-corrected chi connectivity index (χ3v) is 6.65. The van der Waals surface area contributed by atoms with E-state index in [1.54, 1.807) is 22.7 Å². The van der Waals surface area contributed by atoms with E-state index in [1.807, 2.05) is 0 Å². The maximum Gasteiger partial charge on any atom is 0.223 e. The summed E-state index contributed by atoms with van der Waals surface area (Å²) in [6.45, 7) is 0. The van der Waals surface area contributed by atoms with Crippen molar-refractivity contribution in [1.29, 1.82) is 0 Å². The van der Waals surface area contributed by atoms with Crippen LogP contribution in [0.4, 0.5) is 5.13 Å². The second-order valence-electron chi connectivity index (χ2n) is 7.28.